The third-order valence-electron chi connectivity index (χ3n) is 3.45. The first kappa shape index (κ1) is 17.7. The lowest BCUT2D eigenvalue weighted by Crippen LogP contribution is -2.01. The van der Waals surface area contributed by atoms with E-state index in [0.717, 1.165) is 16.5 Å². The third-order valence-corrected chi connectivity index (χ3v) is 6.09. The van der Waals surface area contributed by atoms with Crippen molar-refractivity contribution in [2.45, 2.75) is 11.1 Å². The second-order valence-electron chi connectivity index (χ2n) is 5.27. The van der Waals surface area contributed by atoms with E-state index in [2.05, 4.69) is 0 Å². The number of rotatable bonds is 4. The van der Waals surface area contributed by atoms with E-state index in [1.165, 1.54) is 24.3 Å². The summed E-state index contributed by atoms with van der Waals surface area (Å²) in [5.74, 6) is -0.351. The van der Waals surface area contributed by atoms with Crippen LogP contribution in [0.3, 0.4) is 0 Å². The molecule has 0 aliphatic rings. The fraction of sp³-hybridized carbons (Fsp3) is 0.0526. The maximum absolute atomic E-state index is 12.3. The zero-order chi connectivity index (χ0) is 18.0. The molecule has 0 bridgehead atoms. The topological polar surface area (TPSA) is 54.4 Å². The number of hydrogen-bond acceptors (Lipinski definition) is 5. The van der Waals surface area contributed by atoms with Crippen LogP contribution in [0.2, 0.25) is 5.02 Å². The Morgan fingerprint density at radius 1 is 1.12 bits per heavy atom. The number of aliphatic hydroxyl groups is 1. The zero-order valence-electron chi connectivity index (χ0n) is 13.2. The molecular weight excluding hydrogens is 376 g/mol. The summed E-state index contributed by atoms with van der Waals surface area (Å²) < 4.78 is 1.41. The van der Waals surface area contributed by atoms with Gasteiger partial charge in [-0.2, -0.15) is 0 Å². The lowest BCUT2D eigenvalue weighted by Gasteiger charge is -2.08. The van der Waals surface area contributed by atoms with E-state index < -0.39 is 0 Å². The Labute approximate surface area is 157 Å². The van der Waals surface area contributed by atoms with Crippen molar-refractivity contribution in [3.05, 3.63) is 80.3 Å². The van der Waals surface area contributed by atoms with Gasteiger partial charge in [0.2, 0.25) is 0 Å². The van der Waals surface area contributed by atoms with Gasteiger partial charge < -0.3 is 5.11 Å². The molecule has 0 spiro atoms. The van der Waals surface area contributed by atoms with Crippen LogP contribution in [-0.2, 0) is 4.79 Å². The molecule has 0 fully saturated rings. The molecule has 0 aliphatic carbocycles. The number of carbonyl (C=O) groups is 1. The van der Waals surface area contributed by atoms with Crippen molar-refractivity contribution in [1.29, 1.82) is 0 Å². The molecule has 0 saturated carbocycles. The standard InChI is InChI=1S/C19H13ClO3S2/c1-11(21)19(18(23)12-5-3-2-4-6-12)25-17-10-15(22)14-9-13(20)7-8-16(14)24-17/h2-10,23H,1H3/b19-18-. The first-order valence-electron chi connectivity index (χ1n) is 7.36. The molecule has 25 heavy (non-hydrogen) atoms. The molecule has 0 radical (unpaired) electrons. The van der Waals surface area contributed by atoms with Gasteiger partial charge in [0.1, 0.15) is 5.76 Å². The number of allylic oxidation sites excluding steroid dienone is 1. The SMILES string of the molecule is CC(=O)/C(Sc1cc(=O)c2cc(Cl)ccc2s1)=C(/O)c1ccccc1. The average Bonchev–Trinajstić information content (AvgIpc) is 2.60. The quantitative estimate of drug-likeness (QED) is 0.363. The van der Waals surface area contributed by atoms with Crippen LogP contribution in [0.15, 0.2) is 68.5 Å². The minimum atomic E-state index is -0.262. The molecule has 0 atom stereocenters. The highest BCUT2D eigenvalue weighted by molar-refractivity contribution is 8.05. The average molecular weight is 389 g/mol. The van der Waals surface area contributed by atoms with Crippen LogP contribution >= 0.6 is 34.7 Å². The van der Waals surface area contributed by atoms with Crippen LogP contribution in [-0.4, -0.2) is 10.9 Å². The monoisotopic (exact) mass is 388 g/mol. The van der Waals surface area contributed by atoms with E-state index in [0.29, 0.717) is 20.2 Å². The summed E-state index contributed by atoms with van der Waals surface area (Å²) in [6, 6.07) is 15.4. The molecule has 0 aliphatic heterocycles. The zero-order valence-corrected chi connectivity index (χ0v) is 15.5. The van der Waals surface area contributed by atoms with Gasteiger partial charge in [0.15, 0.2) is 11.2 Å². The number of aliphatic hydroxyl groups excluding tert-OH is 1. The summed E-state index contributed by atoms with van der Waals surface area (Å²) in [7, 11) is 0. The van der Waals surface area contributed by atoms with E-state index in [1.54, 1.807) is 42.5 Å². The van der Waals surface area contributed by atoms with Gasteiger partial charge in [-0.3, -0.25) is 9.59 Å². The highest BCUT2D eigenvalue weighted by Crippen LogP contribution is 2.36. The second kappa shape index (κ2) is 7.44. The van der Waals surface area contributed by atoms with Gasteiger partial charge in [-0.05, 0) is 25.1 Å². The van der Waals surface area contributed by atoms with E-state index in [1.807, 2.05) is 6.07 Å². The van der Waals surface area contributed by atoms with E-state index >= 15 is 0 Å². The Morgan fingerprint density at radius 2 is 1.84 bits per heavy atom. The molecule has 0 unspecified atom stereocenters. The van der Waals surface area contributed by atoms with E-state index in [4.69, 9.17) is 11.6 Å². The van der Waals surface area contributed by atoms with E-state index in [-0.39, 0.29) is 21.9 Å². The summed E-state index contributed by atoms with van der Waals surface area (Å²) in [5.41, 5.74) is 0.390. The highest BCUT2D eigenvalue weighted by Gasteiger charge is 2.16. The second-order valence-corrected chi connectivity index (χ2v) is 8.10. The number of hydrogen-bond donors (Lipinski definition) is 1. The highest BCUT2D eigenvalue weighted by atomic mass is 35.5. The number of ketones is 1. The van der Waals surface area contributed by atoms with Crippen LogP contribution in [0.4, 0.5) is 0 Å². The Bertz CT molecular complexity index is 1040. The summed E-state index contributed by atoms with van der Waals surface area (Å²) in [5, 5.41) is 11.5. The predicted molar refractivity (Wildman–Crippen MR) is 106 cm³/mol. The maximum Gasteiger partial charge on any atom is 0.189 e. The van der Waals surface area contributed by atoms with Crippen LogP contribution in [0.1, 0.15) is 12.5 Å². The molecule has 3 aromatic rings. The molecule has 3 nitrogen and oxygen atoms in total. The number of benzene rings is 2. The van der Waals surface area contributed by atoms with E-state index in [9.17, 15) is 14.7 Å². The lowest BCUT2D eigenvalue weighted by atomic mass is 10.1. The summed E-state index contributed by atoms with van der Waals surface area (Å²) in [6.07, 6.45) is 0. The third kappa shape index (κ3) is 3.95. The molecule has 0 saturated heterocycles. The molecule has 1 N–H and O–H groups in total. The van der Waals surface area contributed by atoms with Crippen molar-refractivity contribution in [1.82, 2.24) is 0 Å². The van der Waals surface area contributed by atoms with Crippen LogP contribution < -0.4 is 5.43 Å². The van der Waals surface area contributed by atoms with Crippen molar-refractivity contribution < 1.29 is 9.90 Å². The predicted octanol–water partition coefficient (Wildman–Crippen LogP) is 5.52. The first-order chi connectivity index (χ1) is 12.0. The molecule has 126 valence electrons. The number of carbonyl (C=O) groups excluding carboxylic acids is 1. The number of fused-ring (bicyclic) bond motifs is 1. The van der Waals surface area contributed by atoms with Gasteiger partial charge in [0.05, 0.1) is 9.11 Å². The molecular formula is C19H13ClO3S2. The Kier molecular flexibility index (Phi) is 5.27. The van der Waals surface area contributed by atoms with Crippen molar-refractivity contribution >= 4 is 56.3 Å². The molecule has 1 heterocycles. The van der Waals surface area contributed by atoms with Crippen molar-refractivity contribution in [3.63, 3.8) is 0 Å². The maximum atomic E-state index is 12.3. The molecule has 1 aromatic heterocycles. The molecule has 0 amide bonds. The fourth-order valence-corrected chi connectivity index (χ4v) is 4.64. The smallest absolute Gasteiger partial charge is 0.189 e. The normalized spacial score (nSPS) is 12.1. The van der Waals surface area contributed by atoms with Gasteiger partial charge in [0, 0.05) is 26.7 Å². The Hall–Kier alpha value is -2.08. The van der Waals surface area contributed by atoms with Crippen LogP contribution in [0.5, 0.6) is 0 Å². The number of Topliss-reactive ketones (excluding diaryl/α,β-unsaturated/α-hetero) is 1. The summed E-state index contributed by atoms with van der Waals surface area (Å²) in [6.45, 7) is 1.39. The molecule has 2 aromatic carbocycles. The molecule has 6 heteroatoms. The summed E-state index contributed by atoms with van der Waals surface area (Å²) >= 11 is 8.41. The largest absolute Gasteiger partial charge is 0.506 e. The minimum absolute atomic E-state index is 0.0889. The van der Waals surface area contributed by atoms with Crippen molar-refractivity contribution in [3.8, 4) is 0 Å². The van der Waals surface area contributed by atoms with Gasteiger partial charge in [0.25, 0.3) is 0 Å². The molecule has 3 rings (SSSR count). The number of halogens is 1. The minimum Gasteiger partial charge on any atom is -0.506 e. The first-order valence-corrected chi connectivity index (χ1v) is 9.37. The van der Waals surface area contributed by atoms with Crippen LogP contribution in [0.25, 0.3) is 15.8 Å². The Balaban J connectivity index is 2.07. The Morgan fingerprint density at radius 3 is 2.52 bits per heavy atom. The number of thioether (sulfide) groups is 1. The van der Waals surface area contributed by atoms with Gasteiger partial charge in [-0.25, -0.2) is 0 Å². The van der Waals surface area contributed by atoms with Gasteiger partial charge in [-0.15, -0.1) is 11.3 Å². The van der Waals surface area contributed by atoms with Crippen LogP contribution in [0, 0.1) is 0 Å². The van der Waals surface area contributed by atoms with Crippen molar-refractivity contribution in [2.24, 2.45) is 0 Å². The van der Waals surface area contributed by atoms with Crippen molar-refractivity contribution in [2.75, 3.05) is 0 Å². The summed E-state index contributed by atoms with van der Waals surface area (Å²) in [4.78, 5) is 24.5. The lowest BCUT2D eigenvalue weighted by molar-refractivity contribution is -0.112. The fourth-order valence-electron chi connectivity index (χ4n) is 2.27. The van der Waals surface area contributed by atoms with Gasteiger partial charge in [-0.1, -0.05) is 53.7 Å². The van der Waals surface area contributed by atoms with Gasteiger partial charge >= 0.3 is 0 Å².